The zero-order valence-electron chi connectivity index (χ0n) is 56.5. The Balaban J connectivity index is 3.33. The number of esters is 1. The highest BCUT2D eigenvalue weighted by Crippen LogP contribution is 2.19. The molecule has 6 nitrogen and oxygen atoms in total. The van der Waals surface area contributed by atoms with Gasteiger partial charge in [-0.3, -0.25) is 9.59 Å². The van der Waals surface area contributed by atoms with Crippen molar-refractivity contribution < 1.29 is 24.5 Å². The van der Waals surface area contributed by atoms with Crippen LogP contribution in [-0.4, -0.2) is 47.4 Å². The highest BCUT2D eigenvalue weighted by molar-refractivity contribution is 5.76. The minimum Gasteiger partial charge on any atom is -0.466 e. The summed E-state index contributed by atoms with van der Waals surface area (Å²) in [6.45, 7) is 4.99. The molecule has 0 aromatic heterocycles. The first-order valence-electron chi connectivity index (χ1n) is 38.1. The summed E-state index contributed by atoms with van der Waals surface area (Å²) in [6.07, 6.45) is 92.6. The van der Waals surface area contributed by atoms with Crippen LogP contribution in [0.15, 0.2) is 24.3 Å². The van der Waals surface area contributed by atoms with Crippen molar-refractivity contribution in [3.05, 3.63) is 24.3 Å². The van der Waals surface area contributed by atoms with Crippen molar-refractivity contribution in [2.24, 2.45) is 0 Å². The number of amides is 1. The topological polar surface area (TPSA) is 95.9 Å². The van der Waals surface area contributed by atoms with E-state index in [4.69, 9.17) is 4.74 Å². The minimum absolute atomic E-state index is 0.0187. The van der Waals surface area contributed by atoms with E-state index in [2.05, 4.69) is 43.5 Å². The fraction of sp³-hybridized carbons (Fsp3) is 0.922. The van der Waals surface area contributed by atoms with Gasteiger partial charge in [-0.25, -0.2) is 0 Å². The first-order valence-corrected chi connectivity index (χ1v) is 38.1. The summed E-state index contributed by atoms with van der Waals surface area (Å²) in [7, 11) is 0. The molecule has 6 heteroatoms. The number of rotatable bonds is 72. The number of unbranched alkanes of at least 4 members (excludes halogenated alkanes) is 57. The minimum atomic E-state index is -0.662. The monoisotopic (exact) mass is 1170 g/mol. The predicted molar refractivity (Wildman–Crippen MR) is 366 cm³/mol. The third kappa shape index (κ3) is 69.3. The predicted octanol–water partition coefficient (Wildman–Crippen LogP) is 24.9. The van der Waals surface area contributed by atoms with Gasteiger partial charge in [-0.1, -0.05) is 366 Å². The van der Waals surface area contributed by atoms with Crippen molar-refractivity contribution in [2.75, 3.05) is 13.2 Å². The highest BCUT2D eigenvalue weighted by Gasteiger charge is 2.20. The summed E-state index contributed by atoms with van der Waals surface area (Å²) >= 11 is 0. The summed E-state index contributed by atoms with van der Waals surface area (Å²) in [4.78, 5) is 24.6. The number of aliphatic hydroxyl groups excluding tert-OH is 2. The smallest absolute Gasteiger partial charge is 0.305 e. The number of allylic oxidation sites excluding steroid dienone is 4. The van der Waals surface area contributed by atoms with E-state index >= 15 is 0 Å². The zero-order chi connectivity index (χ0) is 59.9. The van der Waals surface area contributed by atoms with Gasteiger partial charge in [-0.05, 0) is 77.0 Å². The Morgan fingerprint density at radius 2 is 0.566 bits per heavy atom. The first-order chi connectivity index (χ1) is 41.0. The van der Waals surface area contributed by atoms with Gasteiger partial charge in [0.1, 0.15) is 0 Å². The molecule has 0 saturated carbocycles. The second-order valence-corrected chi connectivity index (χ2v) is 26.3. The maximum absolute atomic E-state index is 12.5. The molecule has 0 aromatic rings. The largest absolute Gasteiger partial charge is 0.466 e. The van der Waals surface area contributed by atoms with Gasteiger partial charge in [0.25, 0.3) is 0 Å². The zero-order valence-corrected chi connectivity index (χ0v) is 56.5. The third-order valence-corrected chi connectivity index (χ3v) is 18.0. The molecule has 0 aromatic carbocycles. The fourth-order valence-electron chi connectivity index (χ4n) is 12.2. The maximum Gasteiger partial charge on any atom is 0.305 e. The number of nitrogens with one attached hydrogen (secondary N) is 1. The maximum atomic E-state index is 12.5. The Bertz CT molecular complexity index is 1300. The Morgan fingerprint density at radius 3 is 0.855 bits per heavy atom. The van der Waals surface area contributed by atoms with E-state index < -0.39 is 12.1 Å². The summed E-state index contributed by atoms with van der Waals surface area (Å²) < 4.78 is 5.51. The van der Waals surface area contributed by atoms with E-state index in [0.717, 1.165) is 38.5 Å². The number of aliphatic hydroxyl groups is 2. The molecule has 0 radical (unpaired) electrons. The van der Waals surface area contributed by atoms with Crippen LogP contribution in [0.1, 0.15) is 431 Å². The molecular weight excluding hydrogens is 1020 g/mol. The van der Waals surface area contributed by atoms with Crippen LogP contribution in [0.3, 0.4) is 0 Å². The lowest BCUT2D eigenvalue weighted by Crippen LogP contribution is -2.45. The average molecular weight is 1170 g/mol. The Labute approximate surface area is 520 Å². The van der Waals surface area contributed by atoms with E-state index in [1.165, 1.54) is 360 Å². The van der Waals surface area contributed by atoms with Crippen molar-refractivity contribution in [3.8, 4) is 0 Å². The van der Waals surface area contributed by atoms with Crippen LogP contribution in [-0.2, 0) is 14.3 Å². The molecule has 0 aliphatic heterocycles. The van der Waals surface area contributed by atoms with Gasteiger partial charge in [-0.2, -0.15) is 0 Å². The van der Waals surface area contributed by atoms with Crippen LogP contribution in [0, 0.1) is 0 Å². The van der Waals surface area contributed by atoms with Crippen LogP contribution >= 0.6 is 0 Å². The van der Waals surface area contributed by atoms with Crippen molar-refractivity contribution >= 4 is 11.9 Å². The lowest BCUT2D eigenvalue weighted by molar-refractivity contribution is -0.143. The van der Waals surface area contributed by atoms with Crippen molar-refractivity contribution in [2.45, 2.75) is 443 Å². The van der Waals surface area contributed by atoms with E-state index in [1.807, 2.05) is 0 Å². The summed E-state index contributed by atoms with van der Waals surface area (Å²) in [6, 6.07) is -0.539. The fourth-order valence-corrected chi connectivity index (χ4v) is 12.2. The summed E-state index contributed by atoms with van der Waals surface area (Å²) in [5.41, 5.74) is 0. The highest BCUT2D eigenvalue weighted by atomic mass is 16.5. The van der Waals surface area contributed by atoms with Crippen molar-refractivity contribution in [3.63, 3.8) is 0 Å². The Morgan fingerprint density at radius 1 is 0.325 bits per heavy atom. The van der Waals surface area contributed by atoms with Crippen LogP contribution in [0.4, 0.5) is 0 Å². The van der Waals surface area contributed by atoms with Gasteiger partial charge >= 0.3 is 5.97 Å². The molecule has 492 valence electrons. The van der Waals surface area contributed by atoms with E-state index in [1.54, 1.807) is 0 Å². The SMILES string of the molecule is CCCCCCCC/C=C\CCCCCCCCCCCC(=O)OCCCCCCCCCCCCCC/C=C\CCCCCCCCCCCCCCCCCCC(=O)NC(CO)C(O)CCCCCCCCCCCCCCCCC. The molecule has 2 atom stereocenters. The molecule has 0 bridgehead atoms. The number of hydrogen-bond donors (Lipinski definition) is 3. The van der Waals surface area contributed by atoms with Crippen LogP contribution in [0.5, 0.6) is 0 Å². The van der Waals surface area contributed by atoms with Crippen molar-refractivity contribution in [1.29, 1.82) is 0 Å². The number of carbonyl (C=O) groups is 2. The molecule has 0 spiro atoms. The van der Waals surface area contributed by atoms with Gasteiger partial charge < -0.3 is 20.3 Å². The molecule has 0 saturated heterocycles. The number of hydrogen-bond acceptors (Lipinski definition) is 5. The number of ether oxygens (including phenoxy) is 1. The van der Waals surface area contributed by atoms with Gasteiger partial charge in [0, 0.05) is 12.8 Å². The lowest BCUT2D eigenvalue weighted by Gasteiger charge is -2.22. The molecule has 0 aliphatic rings. The van der Waals surface area contributed by atoms with Crippen molar-refractivity contribution in [1.82, 2.24) is 5.32 Å². The quantitative estimate of drug-likeness (QED) is 0.0320. The molecule has 0 heterocycles. The van der Waals surface area contributed by atoms with Gasteiger partial charge in [-0.15, -0.1) is 0 Å². The standard InChI is InChI=1S/C77H149NO5/c1-3-5-7-9-11-13-15-17-19-20-35-39-43-47-51-55-59-63-67-71-77(82)83-72-68-64-60-56-52-48-44-40-37-34-32-30-28-26-24-22-21-23-25-27-29-31-33-36-38-42-46-50-54-58-62-66-70-76(81)78-74(73-79)75(80)69-65-61-57-53-49-45-41-18-16-14-12-10-8-6-4-2/h17,19,24,26,74-75,79-80H,3-16,18,20-23,25,27-73H2,1-2H3,(H,78,81)/b19-17-,26-24-. The first kappa shape index (κ1) is 81.3. The van der Waals surface area contributed by atoms with E-state index in [-0.39, 0.29) is 18.5 Å². The molecule has 0 aliphatic carbocycles. The molecule has 83 heavy (non-hydrogen) atoms. The average Bonchev–Trinajstić information content (AvgIpc) is 3.48. The van der Waals surface area contributed by atoms with E-state index in [0.29, 0.717) is 25.9 Å². The molecule has 2 unspecified atom stereocenters. The molecule has 0 rings (SSSR count). The van der Waals surface area contributed by atoms with Crippen LogP contribution in [0.25, 0.3) is 0 Å². The Kier molecular flexibility index (Phi) is 71.4. The van der Waals surface area contributed by atoms with Gasteiger partial charge in [0.15, 0.2) is 0 Å². The molecule has 0 fully saturated rings. The molecular formula is C77H149NO5. The summed E-state index contributed by atoms with van der Waals surface area (Å²) in [5.74, 6) is -0.0103. The third-order valence-electron chi connectivity index (χ3n) is 18.0. The normalized spacial score (nSPS) is 12.6. The van der Waals surface area contributed by atoms with Crippen LogP contribution in [0.2, 0.25) is 0 Å². The van der Waals surface area contributed by atoms with Gasteiger partial charge in [0.2, 0.25) is 5.91 Å². The summed E-state index contributed by atoms with van der Waals surface area (Å²) in [5, 5.41) is 23.3. The second kappa shape index (κ2) is 72.8. The van der Waals surface area contributed by atoms with Gasteiger partial charge in [0.05, 0.1) is 25.4 Å². The second-order valence-electron chi connectivity index (χ2n) is 26.3. The lowest BCUT2D eigenvalue weighted by atomic mass is 10.0. The van der Waals surface area contributed by atoms with E-state index in [9.17, 15) is 19.8 Å². The number of carbonyl (C=O) groups excluding carboxylic acids is 2. The molecule has 1 amide bonds. The Hall–Kier alpha value is -1.66. The molecule has 3 N–H and O–H groups in total. The van der Waals surface area contributed by atoms with Crippen LogP contribution < -0.4 is 5.32 Å².